The predicted molar refractivity (Wildman–Crippen MR) is 63.4 cm³/mol. The average molecular weight is 236 g/mol. The molecular weight excluding hydrogens is 220 g/mol. The molecule has 0 saturated heterocycles. The summed E-state index contributed by atoms with van der Waals surface area (Å²) in [6, 6.07) is 3.50. The average Bonchev–Trinajstić information content (AvgIpc) is 2.27. The fourth-order valence-corrected chi connectivity index (χ4v) is 1.57. The second kappa shape index (κ2) is 5.48. The molecule has 4 nitrogen and oxygen atoms in total. The molecule has 0 radical (unpaired) electrons. The zero-order valence-corrected chi connectivity index (χ0v) is 10.5. The maximum atomic E-state index is 11.3. The van der Waals surface area contributed by atoms with Crippen molar-refractivity contribution in [3.8, 4) is 5.75 Å². The molecule has 92 valence electrons. The van der Waals surface area contributed by atoms with E-state index >= 15 is 0 Å². The van der Waals surface area contributed by atoms with Gasteiger partial charge in [0, 0.05) is 5.56 Å². The molecular formula is C13H16O4. The van der Waals surface area contributed by atoms with Crippen LogP contribution >= 0.6 is 0 Å². The van der Waals surface area contributed by atoms with Gasteiger partial charge >= 0.3 is 5.97 Å². The molecule has 0 aliphatic heterocycles. The van der Waals surface area contributed by atoms with Crippen LogP contribution in [0.2, 0.25) is 0 Å². The lowest BCUT2D eigenvalue weighted by atomic mass is 10.0. The Labute approximate surface area is 101 Å². The largest absolute Gasteiger partial charge is 0.481 e. The van der Waals surface area contributed by atoms with E-state index in [2.05, 4.69) is 4.74 Å². The quantitative estimate of drug-likeness (QED) is 0.593. The van der Waals surface area contributed by atoms with E-state index in [1.54, 1.807) is 12.1 Å². The highest BCUT2D eigenvalue weighted by Gasteiger charge is 2.10. The van der Waals surface area contributed by atoms with Crippen LogP contribution in [0.5, 0.6) is 5.75 Å². The Hall–Kier alpha value is -1.84. The molecule has 0 bridgehead atoms. The SMILES string of the molecule is COC(=O)COc1c(C)cc(C(C)=O)cc1C. The van der Waals surface area contributed by atoms with Crippen molar-refractivity contribution in [3.63, 3.8) is 0 Å². The first kappa shape index (κ1) is 13.2. The molecule has 4 heteroatoms. The Morgan fingerprint density at radius 1 is 1.18 bits per heavy atom. The molecule has 0 N–H and O–H groups in total. The van der Waals surface area contributed by atoms with Crippen molar-refractivity contribution in [1.29, 1.82) is 0 Å². The van der Waals surface area contributed by atoms with Crippen molar-refractivity contribution >= 4 is 11.8 Å². The van der Waals surface area contributed by atoms with Gasteiger partial charge in [0.1, 0.15) is 5.75 Å². The van der Waals surface area contributed by atoms with Gasteiger partial charge in [0.25, 0.3) is 0 Å². The third-order valence-corrected chi connectivity index (χ3v) is 2.43. The van der Waals surface area contributed by atoms with Gasteiger partial charge < -0.3 is 9.47 Å². The van der Waals surface area contributed by atoms with Gasteiger partial charge in [0.05, 0.1) is 7.11 Å². The maximum Gasteiger partial charge on any atom is 0.343 e. The van der Waals surface area contributed by atoms with Crippen molar-refractivity contribution in [2.45, 2.75) is 20.8 Å². The van der Waals surface area contributed by atoms with E-state index in [-0.39, 0.29) is 12.4 Å². The first-order valence-corrected chi connectivity index (χ1v) is 5.27. The number of hydrogen-bond acceptors (Lipinski definition) is 4. The molecule has 0 aromatic heterocycles. The number of hydrogen-bond donors (Lipinski definition) is 0. The highest BCUT2D eigenvalue weighted by molar-refractivity contribution is 5.94. The number of ether oxygens (including phenoxy) is 2. The molecule has 0 aliphatic carbocycles. The number of carbonyl (C=O) groups is 2. The fourth-order valence-electron chi connectivity index (χ4n) is 1.57. The van der Waals surface area contributed by atoms with E-state index < -0.39 is 5.97 Å². The Balaban J connectivity index is 2.94. The Morgan fingerprint density at radius 3 is 2.12 bits per heavy atom. The maximum absolute atomic E-state index is 11.3. The molecule has 0 aliphatic rings. The third kappa shape index (κ3) is 3.31. The van der Waals surface area contributed by atoms with E-state index in [9.17, 15) is 9.59 Å². The summed E-state index contributed by atoms with van der Waals surface area (Å²) in [7, 11) is 1.31. The molecule has 0 saturated carbocycles. The highest BCUT2D eigenvalue weighted by atomic mass is 16.6. The summed E-state index contributed by atoms with van der Waals surface area (Å²) in [5.41, 5.74) is 2.31. The zero-order valence-electron chi connectivity index (χ0n) is 10.5. The molecule has 1 aromatic rings. The summed E-state index contributed by atoms with van der Waals surface area (Å²) in [5.74, 6) is 0.204. The molecule has 1 rings (SSSR count). The summed E-state index contributed by atoms with van der Waals surface area (Å²) < 4.78 is 9.86. The first-order valence-electron chi connectivity index (χ1n) is 5.27. The smallest absolute Gasteiger partial charge is 0.343 e. The van der Waals surface area contributed by atoms with Crippen molar-refractivity contribution < 1.29 is 19.1 Å². The molecule has 0 heterocycles. The Kier molecular flexibility index (Phi) is 4.26. The van der Waals surface area contributed by atoms with E-state index in [0.29, 0.717) is 11.3 Å². The minimum Gasteiger partial charge on any atom is -0.481 e. The summed E-state index contributed by atoms with van der Waals surface area (Å²) in [6.07, 6.45) is 0. The molecule has 0 atom stereocenters. The number of esters is 1. The Morgan fingerprint density at radius 2 is 1.71 bits per heavy atom. The topological polar surface area (TPSA) is 52.6 Å². The summed E-state index contributed by atoms with van der Waals surface area (Å²) in [5, 5.41) is 0. The number of methoxy groups -OCH3 is 1. The number of aryl methyl sites for hydroxylation is 2. The van der Waals surface area contributed by atoms with Gasteiger partial charge in [0.15, 0.2) is 12.4 Å². The first-order chi connectivity index (χ1) is 7.95. The molecule has 0 fully saturated rings. The lowest BCUT2D eigenvalue weighted by molar-refractivity contribution is -0.142. The minimum absolute atomic E-state index is 0.00992. The van der Waals surface area contributed by atoms with Gasteiger partial charge in [-0.3, -0.25) is 4.79 Å². The van der Waals surface area contributed by atoms with Crippen molar-refractivity contribution in [2.75, 3.05) is 13.7 Å². The van der Waals surface area contributed by atoms with Gasteiger partial charge in [-0.25, -0.2) is 4.79 Å². The van der Waals surface area contributed by atoms with Crippen LogP contribution in [0.15, 0.2) is 12.1 Å². The van der Waals surface area contributed by atoms with E-state index in [4.69, 9.17) is 4.74 Å². The molecule has 0 unspecified atom stereocenters. The molecule has 0 spiro atoms. The van der Waals surface area contributed by atoms with Crippen LogP contribution in [0.25, 0.3) is 0 Å². The Bertz CT molecular complexity index is 426. The van der Waals surface area contributed by atoms with Crippen molar-refractivity contribution in [3.05, 3.63) is 28.8 Å². The standard InChI is InChI=1S/C13H16O4/c1-8-5-11(10(3)14)6-9(2)13(8)17-7-12(15)16-4/h5-6H,7H2,1-4H3. The molecule has 0 amide bonds. The summed E-state index contributed by atoms with van der Waals surface area (Å²) in [4.78, 5) is 22.2. The summed E-state index contributed by atoms with van der Waals surface area (Å²) in [6.45, 7) is 5.07. The lowest BCUT2D eigenvalue weighted by Crippen LogP contribution is -2.14. The fraction of sp³-hybridized carbons (Fsp3) is 0.385. The van der Waals surface area contributed by atoms with Gasteiger partial charge in [-0.2, -0.15) is 0 Å². The highest BCUT2D eigenvalue weighted by Crippen LogP contribution is 2.25. The van der Waals surface area contributed by atoms with Crippen LogP contribution in [0.4, 0.5) is 0 Å². The zero-order chi connectivity index (χ0) is 13.0. The van der Waals surface area contributed by atoms with Crippen molar-refractivity contribution in [2.24, 2.45) is 0 Å². The monoisotopic (exact) mass is 236 g/mol. The second-order valence-corrected chi connectivity index (χ2v) is 3.86. The third-order valence-electron chi connectivity index (χ3n) is 2.43. The van der Waals surface area contributed by atoms with Crippen LogP contribution in [0, 0.1) is 13.8 Å². The number of ketones is 1. The van der Waals surface area contributed by atoms with Gasteiger partial charge in [-0.1, -0.05) is 0 Å². The van der Waals surface area contributed by atoms with Crippen LogP contribution < -0.4 is 4.74 Å². The number of carbonyl (C=O) groups excluding carboxylic acids is 2. The number of Topliss-reactive ketones (excluding diaryl/α,β-unsaturated/α-hetero) is 1. The van der Waals surface area contributed by atoms with Gasteiger partial charge in [0.2, 0.25) is 0 Å². The van der Waals surface area contributed by atoms with Crippen molar-refractivity contribution in [1.82, 2.24) is 0 Å². The molecule has 1 aromatic carbocycles. The van der Waals surface area contributed by atoms with Gasteiger partial charge in [-0.15, -0.1) is 0 Å². The lowest BCUT2D eigenvalue weighted by Gasteiger charge is -2.12. The molecule has 17 heavy (non-hydrogen) atoms. The number of benzene rings is 1. The predicted octanol–water partition coefficient (Wildman–Crippen LogP) is 2.06. The van der Waals surface area contributed by atoms with Crippen LogP contribution in [-0.4, -0.2) is 25.5 Å². The van der Waals surface area contributed by atoms with E-state index in [0.717, 1.165) is 11.1 Å². The second-order valence-electron chi connectivity index (χ2n) is 3.86. The van der Waals surface area contributed by atoms with Crippen LogP contribution in [0.3, 0.4) is 0 Å². The van der Waals surface area contributed by atoms with Crippen LogP contribution in [0.1, 0.15) is 28.4 Å². The van der Waals surface area contributed by atoms with Gasteiger partial charge in [-0.05, 0) is 44.0 Å². The normalized spacial score (nSPS) is 9.88. The van der Waals surface area contributed by atoms with E-state index in [1.165, 1.54) is 14.0 Å². The van der Waals surface area contributed by atoms with E-state index in [1.807, 2.05) is 13.8 Å². The van der Waals surface area contributed by atoms with Crippen LogP contribution in [-0.2, 0) is 9.53 Å². The number of rotatable bonds is 4. The minimum atomic E-state index is -0.431. The summed E-state index contributed by atoms with van der Waals surface area (Å²) >= 11 is 0.